The van der Waals surface area contributed by atoms with Gasteiger partial charge in [-0.15, -0.1) is 0 Å². The van der Waals surface area contributed by atoms with Gasteiger partial charge in [-0.25, -0.2) is 0 Å². The highest BCUT2D eigenvalue weighted by Crippen LogP contribution is 2.44. The molecule has 0 amide bonds. The van der Waals surface area contributed by atoms with E-state index in [2.05, 4.69) is 9.47 Å². The van der Waals surface area contributed by atoms with Crippen molar-refractivity contribution in [2.75, 3.05) is 28.4 Å². The van der Waals surface area contributed by atoms with Crippen LogP contribution >= 0.6 is 0 Å². The summed E-state index contributed by atoms with van der Waals surface area (Å²) >= 11 is 0. The SMILES string of the molecule is COC(=O)C(C/C=C/c1c(OC)cccc1OC)(C(=O)OC)C(F)(F)F. The second-order valence-corrected chi connectivity index (χ2v) is 5.07. The normalized spacial score (nSPS) is 12.0. The van der Waals surface area contributed by atoms with E-state index in [1.165, 1.54) is 20.3 Å². The molecule has 1 aromatic carbocycles. The number of hydrogen-bond donors (Lipinski definition) is 0. The zero-order valence-corrected chi connectivity index (χ0v) is 14.7. The topological polar surface area (TPSA) is 71.1 Å². The van der Waals surface area contributed by atoms with E-state index in [9.17, 15) is 22.8 Å². The third kappa shape index (κ3) is 3.92. The number of alkyl halides is 3. The molecule has 26 heavy (non-hydrogen) atoms. The maximum atomic E-state index is 13.6. The Hall–Kier alpha value is -2.71. The largest absolute Gasteiger partial charge is 0.496 e. The second kappa shape index (κ2) is 8.59. The minimum Gasteiger partial charge on any atom is -0.496 e. The molecule has 1 rings (SSSR count). The van der Waals surface area contributed by atoms with E-state index in [0.29, 0.717) is 17.1 Å². The third-order valence-corrected chi connectivity index (χ3v) is 3.73. The average molecular weight is 376 g/mol. The van der Waals surface area contributed by atoms with E-state index in [1.807, 2.05) is 0 Å². The molecule has 0 bridgehead atoms. The quantitative estimate of drug-likeness (QED) is 0.538. The van der Waals surface area contributed by atoms with Crippen LogP contribution in [0.3, 0.4) is 0 Å². The minimum absolute atomic E-state index is 0.342. The number of benzene rings is 1. The fourth-order valence-electron chi connectivity index (χ4n) is 2.34. The Bertz CT molecular complexity index is 643. The van der Waals surface area contributed by atoms with Crippen LogP contribution in [-0.2, 0) is 19.1 Å². The van der Waals surface area contributed by atoms with E-state index in [1.54, 1.807) is 18.2 Å². The second-order valence-electron chi connectivity index (χ2n) is 5.07. The molecule has 0 radical (unpaired) electrons. The summed E-state index contributed by atoms with van der Waals surface area (Å²) in [4.78, 5) is 23.7. The van der Waals surface area contributed by atoms with Crippen molar-refractivity contribution in [3.8, 4) is 11.5 Å². The van der Waals surface area contributed by atoms with E-state index in [0.717, 1.165) is 20.3 Å². The van der Waals surface area contributed by atoms with Crippen LogP contribution in [0.1, 0.15) is 12.0 Å². The Morgan fingerprint density at radius 3 is 1.77 bits per heavy atom. The van der Waals surface area contributed by atoms with Gasteiger partial charge in [-0.2, -0.15) is 13.2 Å². The summed E-state index contributed by atoms with van der Waals surface area (Å²) in [5, 5.41) is 0. The summed E-state index contributed by atoms with van der Waals surface area (Å²) in [7, 11) is 4.29. The minimum atomic E-state index is -5.22. The Kier molecular flexibility index (Phi) is 7.05. The molecular formula is C17H19F3O6. The number of carbonyl (C=O) groups excluding carboxylic acids is 2. The zero-order valence-electron chi connectivity index (χ0n) is 14.7. The third-order valence-electron chi connectivity index (χ3n) is 3.73. The fourth-order valence-corrected chi connectivity index (χ4v) is 2.34. The lowest BCUT2D eigenvalue weighted by atomic mass is 9.83. The van der Waals surface area contributed by atoms with Gasteiger partial charge in [-0.3, -0.25) is 9.59 Å². The molecule has 0 atom stereocenters. The van der Waals surface area contributed by atoms with E-state index in [-0.39, 0.29) is 0 Å². The summed E-state index contributed by atoms with van der Waals surface area (Å²) in [5.74, 6) is -2.83. The number of hydrogen-bond acceptors (Lipinski definition) is 6. The average Bonchev–Trinajstić information content (AvgIpc) is 2.62. The Morgan fingerprint density at radius 1 is 0.962 bits per heavy atom. The molecule has 0 fully saturated rings. The molecule has 0 spiro atoms. The molecule has 144 valence electrons. The predicted octanol–water partition coefficient (Wildman–Crippen LogP) is 3.00. The van der Waals surface area contributed by atoms with Gasteiger partial charge in [0.25, 0.3) is 5.41 Å². The van der Waals surface area contributed by atoms with Gasteiger partial charge in [-0.1, -0.05) is 18.2 Å². The van der Waals surface area contributed by atoms with Crippen molar-refractivity contribution in [1.29, 1.82) is 0 Å². The number of carbonyl (C=O) groups is 2. The highest BCUT2D eigenvalue weighted by atomic mass is 19.4. The van der Waals surface area contributed by atoms with Crippen LogP contribution < -0.4 is 9.47 Å². The standard InChI is InChI=1S/C17H19F3O6/c1-23-12-8-5-9-13(24-2)11(12)7-6-10-16(14(21)25-3,15(22)26-4)17(18,19)20/h5-9H,10H2,1-4H3/b7-6+. The van der Waals surface area contributed by atoms with E-state index in [4.69, 9.17) is 9.47 Å². The molecule has 0 unspecified atom stereocenters. The van der Waals surface area contributed by atoms with Crippen LogP contribution in [0.25, 0.3) is 6.08 Å². The van der Waals surface area contributed by atoms with Gasteiger partial charge < -0.3 is 18.9 Å². The Morgan fingerprint density at radius 2 is 1.42 bits per heavy atom. The molecule has 0 saturated carbocycles. The number of methoxy groups -OCH3 is 4. The lowest BCUT2D eigenvalue weighted by Crippen LogP contribution is -2.52. The van der Waals surface area contributed by atoms with Crippen molar-refractivity contribution in [2.45, 2.75) is 12.6 Å². The van der Waals surface area contributed by atoms with Crippen LogP contribution in [-0.4, -0.2) is 46.6 Å². The molecule has 0 aliphatic heterocycles. The smallest absolute Gasteiger partial charge is 0.415 e. The maximum absolute atomic E-state index is 13.6. The van der Waals surface area contributed by atoms with Gasteiger partial charge in [0.15, 0.2) is 0 Å². The molecule has 9 heteroatoms. The lowest BCUT2D eigenvalue weighted by Gasteiger charge is -2.29. The number of rotatable bonds is 7. The number of allylic oxidation sites excluding steroid dienone is 1. The first-order chi connectivity index (χ1) is 12.2. The molecule has 6 nitrogen and oxygen atoms in total. The molecule has 0 aromatic heterocycles. The van der Waals surface area contributed by atoms with Crippen LogP contribution in [0.15, 0.2) is 24.3 Å². The van der Waals surface area contributed by atoms with Crippen molar-refractivity contribution < 1.29 is 41.7 Å². The molecule has 0 heterocycles. The maximum Gasteiger partial charge on any atom is 0.415 e. The number of ether oxygens (including phenoxy) is 4. The Balaban J connectivity index is 3.37. The highest BCUT2D eigenvalue weighted by Gasteiger charge is 2.67. The van der Waals surface area contributed by atoms with Gasteiger partial charge in [-0.05, 0) is 12.1 Å². The molecule has 1 aromatic rings. The molecule has 0 N–H and O–H groups in total. The number of esters is 2. The van der Waals surface area contributed by atoms with Crippen molar-refractivity contribution in [3.05, 3.63) is 29.8 Å². The van der Waals surface area contributed by atoms with Crippen molar-refractivity contribution in [1.82, 2.24) is 0 Å². The van der Waals surface area contributed by atoms with Crippen molar-refractivity contribution >= 4 is 18.0 Å². The lowest BCUT2D eigenvalue weighted by molar-refractivity contribution is -0.237. The first-order valence-corrected chi connectivity index (χ1v) is 7.30. The molecule has 0 saturated heterocycles. The van der Waals surface area contributed by atoms with Gasteiger partial charge in [0.2, 0.25) is 0 Å². The van der Waals surface area contributed by atoms with E-state index < -0.39 is 30.0 Å². The first-order valence-electron chi connectivity index (χ1n) is 7.30. The van der Waals surface area contributed by atoms with E-state index >= 15 is 0 Å². The molecule has 0 aliphatic carbocycles. The summed E-state index contributed by atoms with van der Waals surface area (Å²) in [6.45, 7) is 0. The molecular weight excluding hydrogens is 357 g/mol. The summed E-state index contributed by atoms with van der Waals surface area (Å²) < 4.78 is 59.5. The first kappa shape index (κ1) is 21.3. The van der Waals surface area contributed by atoms with Gasteiger partial charge in [0.1, 0.15) is 11.5 Å². The van der Waals surface area contributed by atoms with Crippen molar-refractivity contribution in [3.63, 3.8) is 0 Å². The number of halogens is 3. The van der Waals surface area contributed by atoms with Crippen LogP contribution in [0.2, 0.25) is 0 Å². The summed E-state index contributed by atoms with van der Waals surface area (Å²) in [6, 6.07) is 4.80. The van der Waals surface area contributed by atoms with Gasteiger partial charge in [0, 0.05) is 6.42 Å². The predicted molar refractivity (Wildman–Crippen MR) is 85.7 cm³/mol. The Labute approximate surface area is 148 Å². The van der Waals surface area contributed by atoms with Crippen LogP contribution in [0, 0.1) is 5.41 Å². The molecule has 0 aliphatic rings. The van der Waals surface area contributed by atoms with Crippen molar-refractivity contribution in [2.24, 2.45) is 5.41 Å². The van der Waals surface area contributed by atoms with Gasteiger partial charge >= 0.3 is 18.1 Å². The highest BCUT2D eigenvalue weighted by molar-refractivity contribution is 6.01. The fraction of sp³-hybridized carbons (Fsp3) is 0.412. The summed E-state index contributed by atoms with van der Waals surface area (Å²) in [6.07, 6.45) is -3.95. The van der Waals surface area contributed by atoms with Gasteiger partial charge in [0.05, 0.1) is 34.0 Å². The summed E-state index contributed by atoms with van der Waals surface area (Å²) in [5.41, 5.74) is -3.12. The monoisotopic (exact) mass is 376 g/mol. The van der Waals surface area contributed by atoms with Crippen LogP contribution in [0.5, 0.6) is 11.5 Å². The zero-order chi connectivity index (χ0) is 20.0. The van der Waals surface area contributed by atoms with Crippen LogP contribution in [0.4, 0.5) is 13.2 Å².